The van der Waals surface area contributed by atoms with Crippen molar-refractivity contribution in [3.63, 3.8) is 0 Å². The van der Waals surface area contributed by atoms with E-state index in [9.17, 15) is 0 Å². The molecule has 44 heavy (non-hydrogen) atoms. The van der Waals surface area contributed by atoms with Crippen LogP contribution in [-0.4, -0.2) is 33.5 Å². The zero-order valence-electron chi connectivity index (χ0n) is 25.6. The van der Waals surface area contributed by atoms with E-state index in [0.29, 0.717) is 0 Å². The molecule has 0 bridgehead atoms. The summed E-state index contributed by atoms with van der Waals surface area (Å²) in [5.74, 6) is 3.11. The van der Waals surface area contributed by atoms with Crippen LogP contribution in [0.1, 0.15) is 35.6 Å². The minimum atomic E-state index is -0.871. The summed E-state index contributed by atoms with van der Waals surface area (Å²) in [5, 5.41) is 1.10. The van der Waals surface area contributed by atoms with E-state index in [2.05, 4.69) is 170 Å². The molecule has 0 fully saturated rings. The van der Waals surface area contributed by atoms with Crippen molar-refractivity contribution in [2.24, 2.45) is 0 Å². The first kappa shape index (κ1) is 30.6. The maximum Gasteiger partial charge on any atom is 0.130 e. The number of imidazole rings is 1. The normalized spacial score (nSPS) is 11.0. The first-order valence-electron chi connectivity index (χ1n) is 15.3. The molecule has 1 aromatic heterocycles. The Kier molecular flexibility index (Phi) is 10.8. The van der Waals surface area contributed by atoms with Crippen LogP contribution in [0.4, 0.5) is 0 Å². The Morgan fingerprint density at radius 3 is 1.77 bits per heavy atom. The summed E-state index contributed by atoms with van der Waals surface area (Å²) in [4.78, 5) is 4.40. The molecule has 0 aliphatic heterocycles. The third kappa shape index (κ3) is 7.36. The molecule has 0 amide bonds. The third-order valence-corrected chi connectivity index (χ3v) is 10.3. The number of rotatable bonds is 10. The second-order valence-corrected chi connectivity index (χ2v) is 12.9. The maximum absolute atomic E-state index is 5.92. The van der Waals surface area contributed by atoms with Crippen molar-refractivity contribution in [2.75, 3.05) is 6.61 Å². The molecule has 0 atom stereocenters. The lowest BCUT2D eigenvalue weighted by Crippen LogP contribution is -2.46. The first-order valence-corrected chi connectivity index (χ1v) is 16.7. The number of aromatic nitrogens is 2. The van der Waals surface area contributed by atoms with E-state index < -0.39 is 9.52 Å². The minimum absolute atomic E-state index is 0.262. The summed E-state index contributed by atoms with van der Waals surface area (Å²) >= 11 is 0. The van der Waals surface area contributed by atoms with Crippen LogP contribution < -0.4 is 9.92 Å². The Balaban J connectivity index is 0.000000215. The molecule has 218 valence electrons. The Labute approximate surface area is 265 Å². The van der Waals surface area contributed by atoms with Gasteiger partial charge >= 0.3 is 0 Å². The predicted molar refractivity (Wildman–Crippen MR) is 190 cm³/mol. The highest BCUT2D eigenvalue weighted by Gasteiger charge is 2.36. The molecular formula is C39H39BN2OSi. The van der Waals surface area contributed by atoms with Crippen molar-refractivity contribution in [1.29, 1.82) is 0 Å². The lowest BCUT2D eigenvalue weighted by atomic mass is 9.92. The van der Waals surface area contributed by atoms with Crippen molar-refractivity contribution in [3.05, 3.63) is 193 Å². The summed E-state index contributed by atoms with van der Waals surface area (Å²) in [6.07, 6.45) is 6.92. The van der Waals surface area contributed by atoms with E-state index in [-0.39, 0.29) is 5.16 Å². The first-order chi connectivity index (χ1) is 21.7. The average Bonchev–Trinajstić information content (AvgIpc) is 3.65. The molecule has 0 aliphatic rings. The highest BCUT2D eigenvalue weighted by Crippen LogP contribution is 2.33. The van der Waals surface area contributed by atoms with E-state index >= 15 is 0 Å². The highest BCUT2D eigenvalue weighted by molar-refractivity contribution is 6.57. The average molecular weight is 591 g/mol. The molecule has 5 heteroatoms. The lowest BCUT2D eigenvalue weighted by Gasteiger charge is -2.37. The van der Waals surface area contributed by atoms with Gasteiger partial charge in [-0.15, -0.1) is 5.98 Å². The molecule has 3 nitrogen and oxygen atoms in total. The summed E-state index contributed by atoms with van der Waals surface area (Å²) in [6.45, 7) is 2.88. The van der Waals surface area contributed by atoms with Gasteiger partial charge in [0.2, 0.25) is 0 Å². The van der Waals surface area contributed by atoms with Gasteiger partial charge in [0.15, 0.2) is 0 Å². The Morgan fingerprint density at radius 1 is 0.750 bits per heavy atom. The predicted octanol–water partition coefficient (Wildman–Crippen LogP) is 6.62. The number of hydrogen-bond donors (Lipinski definition) is 0. The van der Waals surface area contributed by atoms with Gasteiger partial charge in [-0.1, -0.05) is 146 Å². The fraction of sp³-hybridized carbons (Fsp3) is 0.103. The molecule has 5 aromatic carbocycles. The van der Waals surface area contributed by atoms with Gasteiger partial charge in [0.05, 0.1) is 27.6 Å². The van der Waals surface area contributed by atoms with Gasteiger partial charge in [-0.05, 0) is 46.4 Å². The summed E-state index contributed by atoms with van der Waals surface area (Å²) in [5.41, 5.74) is 6.40. The van der Waals surface area contributed by atoms with Gasteiger partial charge < -0.3 is 9.30 Å². The largest absolute Gasteiger partial charge is 0.494 e. The monoisotopic (exact) mass is 590 g/mol. The SMILES string of the molecule is BC=C(c1ccccc1)c1ccccc1.CCCOc1cccc([SiH2]C(c2ccccc2)(c2ccccc2)n2ccnc2)c1. The number of hydrogen-bond acceptors (Lipinski definition) is 2. The van der Waals surface area contributed by atoms with Crippen molar-refractivity contribution in [3.8, 4) is 5.75 Å². The summed E-state index contributed by atoms with van der Waals surface area (Å²) in [6, 6.07) is 51.1. The van der Waals surface area contributed by atoms with Gasteiger partial charge in [0.25, 0.3) is 0 Å². The molecule has 0 radical (unpaired) electrons. The van der Waals surface area contributed by atoms with E-state index in [0.717, 1.165) is 18.8 Å². The van der Waals surface area contributed by atoms with Gasteiger partial charge in [-0.25, -0.2) is 4.98 Å². The summed E-state index contributed by atoms with van der Waals surface area (Å²) < 4.78 is 8.20. The molecule has 0 N–H and O–H groups in total. The van der Waals surface area contributed by atoms with Crippen LogP contribution in [-0.2, 0) is 5.16 Å². The molecule has 0 saturated carbocycles. The Hall–Kier alpha value is -4.87. The topological polar surface area (TPSA) is 27.1 Å². The zero-order valence-corrected chi connectivity index (χ0v) is 27.0. The Morgan fingerprint density at radius 2 is 1.30 bits per heavy atom. The molecular weight excluding hydrogens is 551 g/mol. The van der Waals surface area contributed by atoms with Crippen LogP contribution in [0.3, 0.4) is 0 Å². The van der Waals surface area contributed by atoms with Crippen LogP contribution in [0, 0.1) is 0 Å². The molecule has 0 spiro atoms. The maximum atomic E-state index is 5.92. The molecule has 6 rings (SSSR count). The number of nitrogens with zero attached hydrogens (tertiary/aromatic N) is 2. The molecule has 1 heterocycles. The van der Waals surface area contributed by atoms with Gasteiger partial charge in [0.1, 0.15) is 13.6 Å². The fourth-order valence-electron chi connectivity index (χ4n) is 5.67. The van der Waals surface area contributed by atoms with Crippen molar-refractivity contribution < 1.29 is 4.74 Å². The van der Waals surface area contributed by atoms with Crippen LogP contribution in [0.25, 0.3) is 5.57 Å². The van der Waals surface area contributed by atoms with E-state index in [1.165, 1.54) is 33.0 Å². The lowest BCUT2D eigenvalue weighted by molar-refractivity contribution is 0.317. The minimum Gasteiger partial charge on any atom is -0.494 e. The van der Waals surface area contributed by atoms with Crippen LogP contribution in [0.2, 0.25) is 0 Å². The van der Waals surface area contributed by atoms with E-state index in [1.54, 1.807) is 0 Å². The van der Waals surface area contributed by atoms with Crippen LogP contribution in [0.5, 0.6) is 5.75 Å². The second kappa shape index (κ2) is 15.6. The van der Waals surface area contributed by atoms with Gasteiger partial charge in [-0.3, -0.25) is 0 Å². The van der Waals surface area contributed by atoms with Gasteiger partial charge in [-0.2, -0.15) is 0 Å². The van der Waals surface area contributed by atoms with Crippen molar-refractivity contribution in [2.45, 2.75) is 18.5 Å². The number of benzene rings is 5. The standard InChI is InChI=1S/C25H26N2OSi.C14H13B/c1-2-18-28-23-14-9-15-24(19-23)29-25(27-17-16-26-20-27,21-10-5-3-6-11-21)22-12-7-4-8-13-22;15-11-14(12-7-3-1-4-8-12)13-9-5-2-6-10-13/h3-17,19-20H,2,18,29H2,1H3;1-11H,15H2. The quantitative estimate of drug-likeness (QED) is 0.168. The fourth-order valence-corrected chi connectivity index (χ4v) is 8.07. The van der Waals surface area contributed by atoms with E-state index in [1.807, 2.05) is 24.7 Å². The number of ether oxygens (including phenoxy) is 1. The van der Waals surface area contributed by atoms with Crippen LogP contribution in [0.15, 0.2) is 170 Å². The van der Waals surface area contributed by atoms with E-state index in [4.69, 9.17) is 4.74 Å². The molecule has 0 saturated heterocycles. The molecule has 6 aromatic rings. The van der Waals surface area contributed by atoms with Crippen molar-refractivity contribution in [1.82, 2.24) is 9.55 Å². The summed E-state index contributed by atoms with van der Waals surface area (Å²) in [7, 11) is 1.21. The molecule has 0 aliphatic carbocycles. The van der Waals surface area contributed by atoms with Crippen LogP contribution >= 0.6 is 0 Å². The third-order valence-electron chi connectivity index (χ3n) is 7.74. The molecule has 0 unspecified atom stereocenters. The second-order valence-electron chi connectivity index (χ2n) is 10.7. The smallest absolute Gasteiger partial charge is 0.130 e. The van der Waals surface area contributed by atoms with Gasteiger partial charge in [0, 0.05) is 12.4 Å². The zero-order chi connectivity index (χ0) is 30.5. The highest BCUT2D eigenvalue weighted by atomic mass is 28.2. The Bertz CT molecular complexity index is 1630. The van der Waals surface area contributed by atoms with Crippen molar-refractivity contribution >= 4 is 28.1 Å².